The molecule has 0 amide bonds. The van der Waals surface area contributed by atoms with Gasteiger partial charge in [-0.05, 0) is 50.9 Å². The van der Waals surface area contributed by atoms with Gasteiger partial charge in [0.25, 0.3) is 0 Å². The van der Waals surface area contributed by atoms with Crippen LogP contribution in [0.1, 0.15) is 71.6 Å². The lowest BCUT2D eigenvalue weighted by molar-refractivity contribution is -0.230. The molecule has 0 spiro atoms. The third-order valence-electron chi connectivity index (χ3n) is 6.53. The number of unbranched alkanes of at least 4 members (excludes halogenated alkanes) is 5. The van der Waals surface area contributed by atoms with Gasteiger partial charge in [-0.1, -0.05) is 106 Å². The van der Waals surface area contributed by atoms with Crippen molar-refractivity contribution >= 4 is 18.5 Å². The van der Waals surface area contributed by atoms with Crippen LogP contribution in [-0.4, -0.2) is 26.2 Å². The predicted molar refractivity (Wildman–Crippen MR) is 137 cm³/mol. The molecule has 0 saturated carbocycles. The number of hydrogen-bond donors (Lipinski definition) is 0. The Kier molecular flexibility index (Phi) is 12.4. The van der Waals surface area contributed by atoms with Gasteiger partial charge in [0, 0.05) is 20.1 Å². The molecule has 31 heavy (non-hydrogen) atoms. The molecule has 0 aliphatic rings. The lowest BCUT2D eigenvalue weighted by Crippen LogP contribution is -2.39. The first-order chi connectivity index (χ1) is 15.1. The molecule has 2 aromatic rings. The Balaban J connectivity index is 1.99. The molecule has 2 rings (SSSR count). The number of hydrogen-bond acceptors (Lipinski definition) is 2. The highest BCUT2D eigenvalue weighted by atomic mass is 31.1. The molecule has 0 aliphatic carbocycles. The SMILES string of the molecule is CCCCCCCCC(CCCP(c1ccccc1)c1ccccc1)C(C)(OC)OC. The number of benzene rings is 2. The van der Waals surface area contributed by atoms with Crippen LogP contribution >= 0.6 is 7.92 Å². The van der Waals surface area contributed by atoms with Crippen molar-refractivity contribution in [3.8, 4) is 0 Å². The molecule has 2 aromatic carbocycles. The van der Waals surface area contributed by atoms with Gasteiger partial charge in [0.15, 0.2) is 5.79 Å². The highest BCUT2D eigenvalue weighted by Gasteiger charge is 2.33. The summed E-state index contributed by atoms with van der Waals surface area (Å²) in [5.41, 5.74) is 0. The Bertz CT molecular complexity index is 645. The maximum absolute atomic E-state index is 5.85. The van der Waals surface area contributed by atoms with Crippen LogP contribution in [0.3, 0.4) is 0 Å². The predicted octanol–water partition coefficient (Wildman–Crippen LogP) is 7.28. The molecular formula is C28H43O2P. The molecule has 172 valence electrons. The molecule has 3 heteroatoms. The maximum Gasteiger partial charge on any atom is 0.167 e. The average molecular weight is 443 g/mol. The summed E-state index contributed by atoms with van der Waals surface area (Å²) in [4.78, 5) is 0. The average Bonchev–Trinajstić information content (AvgIpc) is 2.83. The van der Waals surface area contributed by atoms with Gasteiger partial charge < -0.3 is 9.47 Å². The van der Waals surface area contributed by atoms with E-state index >= 15 is 0 Å². The molecular weight excluding hydrogens is 399 g/mol. The van der Waals surface area contributed by atoms with Crippen LogP contribution in [0.5, 0.6) is 0 Å². The molecule has 0 aliphatic heterocycles. The van der Waals surface area contributed by atoms with E-state index in [9.17, 15) is 0 Å². The Morgan fingerprint density at radius 2 is 1.19 bits per heavy atom. The van der Waals surface area contributed by atoms with Crippen molar-refractivity contribution in [2.75, 3.05) is 20.4 Å². The first-order valence-electron chi connectivity index (χ1n) is 12.1. The fraction of sp³-hybridized carbons (Fsp3) is 0.571. The van der Waals surface area contributed by atoms with Gasteiger partial charge in [-0.3, -0.25) is 0 Å². The molecule has 0 aromatic heterocycles. The summed E-state index contributed by atoms with van der Waals surface area (Å²) in [5, 5.41) is 2.94. The zero-order valence-corrected chi connectivity index (χ0v) is 21.1. The quantitative estimate of drug-likeness (QED) is 0.155. The molecule has 0 heterocycles. The van der Waals surface area contributed by atoms with Crippen LogP contribution < -0.4 is 10.6 Å². The highest BCUT2D eigenvalue weighted by Crippen LogP contribution is 2.37. The summed E-state index contributed by atoms with van der Waals surface area (Å²) >= 11 is 0. The largest absolute Gasteiger partial charge is 0.353 e. The minimum Gasteiger partial charge on any atom is -0.353 e. The maximum atomic E-state index is 5.85. The van der Waals surface area contributed by atoms with Crippen LogP contribution in [0.15, 0.2) is 60.7 Å². The van der Waals surface area contributed by atoms with Crippen LogP contribution in [0, 0.1) is 5.92 Å². The molecule has 0 saturated heterocycles. The van der Waals surface area contributed by atoms with Gasteiger partial charge in [0.2, 0.25) is 0 Å². The van der Waals surface area contributed by atoms with Crippen molar-refractivity contribution in [1.29, 1.82) is 0 Å². The fourth-order valence-corrected chi connectivity index (χ4v) is 6.75. The molecule has 1 atom stereocenters. The Morgan fingerprint density at radius 1 is 0.710 bits per heavy atom. The monoisotopic (exact) mass is 442 g/mol. The Labute approximate surface area is 192 Å². The van der Waals surface area contributed by atoms with E-state index in [1.165, 1.54) is 68.1 Å². The van der Waals surface area contributed by atoms with E-state index in [-0.39, 0.29) is 7.92 Å². The molecule has 0 N–H and O–H groups in total. The number of methoxy groups -OCH3 is 2. The van der Waals surface area contributed by atoms with E-state index in [1.807, 2.05) is 0 Å². The zero-order chi connectivity index (χ0) is 22.4. The smallest absolute Gasteiger partial charge is 0.167 e. The van der Waals surface area contributed by atoms with Crippen molar-refractivity contribution < 1.29 is 9.47 Å². The second-order valence-corrected chi connectivity index (χ2v) is 11.0. The zero-order valence-electron chi connectivity index (χ0n) is 20.2. The van der Waals surface area contributed by atoms with Crippen molar-refractivity contribution in [2.24, 2.45) is 5.92 Å². The van der Waals surface area contributed by atoms with Gasteiger partial charge in [-0.25, -0.2) is 0 Å². The third-order valence-corrected chi connectivity index (χ3v) is 9.13. The minimum atomic E-state index is -0.494. The Hall–Kier alpha value is -1.21. The van der Waals surface area contributed by atoms with Crippen LogP contribution in [0.4, 0.5) is 0 Å². The van der Waals surface area contributed by atoms with E-state index in [4.69, 9.17) is 9.47 Å². The molecule has 0 fully saturated rings. The standard InChI is InChI=1S/C28H43O2P/c1-5-6-7-8-9-12-18-25(28(2,29-3)30-4)19-17-24-31(26-20-13-10-14-21-26)27-22-15-11-16-23-27/h10-11,13-16,20-23,25H,5-9,12,17-19,24H2,1-4H3. The lowest BCUT2D eigenvalue weighted by atomic mass is 9.89. The van der Waals surface area contributed by atoms with E-state index in [0.29, 0.717) is 5.92 Å². The summed E-state index contributed by atoms with van der Waals surface area (Å²) in [6.07, 6.45) is 12.7. The summed E-state index contributed by atoms with van der Waals surface area (Å²) in [6, 6.07) is 22.1. The topological polar surface area (TPSA) is 18.5 Å². The summed E-state index contributed by atoms with van der Waals surface area (Å²) in [7, 11) is 3.25. The Morgan fingerprint density at radius 3 is 1.71 bits per heavy atom. The van der Waals surface area contributed by atoms with Crippen molar-refractivity contribution in [3.63, 3.8) is 0 Å². The third kappa shape index (κ3) is 8.68. The van der Waals surface area contributed by atoms with Crippen LogP contribution in [-0.2, 0) is 9.47 Å². The van der Waals surface area contributed by atoms with Crippen molar-refractivity contribution in [3.05, 3.63) is 60.7 Å². The number of rotatable bonds is 16. The van der Waals surface area contributed by atoms with Gasteiger partial charge in [-0.15, -0.1) is 0 Å². The minimum absolute atomic E-state index is 0.330. The second kappa shape index (κ2) is 14.8. The lowest BCUT2D eigenvalue weighted by Gasteiger charge is -2.35. The second-order valence-electron chi connectivity index (χ2n) is 8.64. The van der Waals surface area contributed by atoms with Crippen molar-refractivity contribution in [2.45, 2.75) is 77.4 Å². The summed E-state index contributed by atoms with van der Waals surface area (Å²) < 4.78 is 11.7. The molecule has 1 unspecified atom stereocenters. The number of ether oxygens (including phenoxy) is 2. The first-order valence-corrected chi connectivity index (χ1v) is 13.6. The fourth-order valence-electron chi connectivity index (χ4n) is 4.38. The molecule has 0 radical (unpaired) electrons. The van der Waals surface area contributed by atoms with E-state index in [2.05, 4.69) is 74.5 Å². The summed E-state index contributed by atoms with van der Waals surface area (Å²) in [5.74, 6) is -0.0665. The van der Waals surface area contributed by atoms with Crippen LogP contribution in [0.2, 0.25) is 0 Å². The first kappa shape index (κ1) is 26.0. The van der Waals surface area contributed by atoms with Gasteiger partial charge in [0.1, 0.15) is 0 Å². The van der Waals surface area contributed by atoms with Crippen LogP contribution in [0.25, 0.3) is 0 Å². The van der Waals surface area contributed by atoms with E-state index < -0.39 is 5.79 Å². The van der Waals surface area contributed by atoms with Gasteiger partial charge in [-0.2, -0.15) is 0 Å². The normalized spacial score (nSPS) is 12.9. The van der Waals surface area contributed by atoms with E-state index in [0.717, 1.165) is 6.42 Å². The summed E-state index contributed by atoms with van der Waals surface area (Å²) in [6.45, 7) is 4.39. The molecule has 0 bridgehead atoms. The van der Waals surface area contributed by atoms with Crippen molar-refractivity contribution in [1.82, 2.24) is 0 Å². The van der Waals surface area contributed by atoms with E-state index in [1.54, 1.807) is 14.2 Å². The van der Waals surface area contributed by atoms with Gasteiger partial charge >= 0.3 is 0 Å². The highest BCUT2D eigenvalue weighted by molar-refractivity contribution is 7.73. The molecule has 2 nitrogen and oxygen atoms in total. The van der Waals surface area contributed by atoms with Gasteiger partial charge in [0.05, 0.1) is 0 Å².